The summed E-state index contributed by atoms with van der Waals surface area (Å²) in [7, 11) is -2.74. The monoisotopic (exact) mass is 607 g/mol. The van der Waals surface area contributed by atoms with Crippen LogP contribution >= 0.6 is 0 Å². The van der Waals surface area contributed by atoms with Crippen LogP contribution in [0.5, 0.6) is 0 Å². The Kier molecular flexibility index (Phi) is 9.27. The SMILES string of the molecule is CCCCC1CCC([Si](C)(C)[Si](C)(C)C2C(C)CC3C2CC2CCCC2C3c2cc(C(C)(C)C)cc(C(C)(C)C)c2)C1. The molecule has 0 aliphatic heterocycles. The second kappa shape index (κ2) is 11.8. The topological polar surface area (TPSA) is 0 Å². The molecule has 0 aromatic heterocycles. The normalized spacial score (nSPS) is 35.9. The standard InChI is InChI=1S/C40H70Si2/c1-13-14-16-28-19-20-33(22-28)41(9,10)42(11,12)38-27(2)21-35-36(38)25-29-17-15-18-34(29)37(35)30-23-31(39(3,4)5)26-32(24-30)40(6,7)8/h23-24,26-29,33-38H,13-22,25H2,1-12H3. The molecule has 4 saturated carbocycles. The summed E-state index contributed by atoms with van der Waals surface area (Å²) < 4.78 is 0. The van der Waals surface area contributed by atoms with E-state index in [9.17, 15) is 0 Å². The highest BCUT2D eigenvalue weighted by Gasteiger charge is 2.61. The highest BCUT2D eigenvalue weighted by Crippen LogP contribution is 2.66. The molecule has 42 heavy (non-hydrogen) atoms. The zero-order chi connectivity index (χ0) is 30.8. The van der Waals surface area contributed by atoms with Crippen molar-refractivity contribution in [1.29, 1.82) is 0 Å². The molecule has 0 radical (unpaired) electrons. The van der Waals surface area contributed by atoms with Crippen molar-refractivity contribution in [3.05, 3.63) is 34.9 Å². The maximum Gasteiger partial charge on any atom is 0.0451 e. The van der Waals surface area contributed by atoms with Crippen LogP contribution in [0.25, 0.3) is 0 Å². The minimum Gasteiger partial charge on any atom is -0.0711 e. The summed E-state index contributed by atoms with van der Waals surface area (Å²) in [5.41, 5.74) is 7.45. The zero-order valence-corrected chi connectivity index (χ0v) is 32.2. The average Bonchev–Trinajstić information content (AvgIpc) is 3.62. The number of benzene rings is 1. The van der Waals surface area contributed by atoms with Crippen molar-refractivity contribution in [3.8, 4) is 0 Å². The van der Waals surface area contributed by atoms with Crippen LogP contribution in [-0.2, 0) is 10.8 Å². The van der Waals surface area contributed by atoms with E-state index in [0.29, 0.717) is 0 Å². The number of fused-ring (bicyclic) bond motifs is 2. The Morgan fingerprint density at radius 1 is 0.714 bits per heavy atom. The molecule has 238 valence electrons. The van der Waals surface area contributed by atoms with Gasteiger partial charge in [-0.25, -0.2) is 0 Å². The predicted molar refractivity (Wildman–Crippen MR) is 192 cm³/mol. The summed E-state index contributed by atoms with van der Waals surface area (Å²) >= 11 is 0. The molecule has 0 heterocycles. The highest BCUT2D eigenvalue weighted by atomic mass is 29.3. The van der Waals surface area contributed by atoms with E-state index in [1.54, 1.807) is 42.4 Å². The van der Waals surface area contributed by atoms with Gasteiger partial charge in [-0.05, 0) is 99.3 Å². The lowest BCUT2D eigenvalue weighted by Gasteiger charge is -2.53. The molecule has 1 aromatic carbocycles. The summed E-state index contributed by atoms with van der Waals surface area (Å²) in [6, 6.07) is 7.99. The summed E-state index contributed by atoms with van der Waals surface area (Å²) in [6.45, 7) is 31.4. The molecule has 5 rings (SSSR count). The maximum atomic E-state index is 2.94. The summed E-state index contributed by atoms with van der Waals surface area (Å²) in [5, 5.41) is 0. The van der Waals surface area contributed by atoms with Gasteiger partial charge in [0.25, 0.3) is 0 Å². The van der Waals surface area contributed by atoms with Gasteiger partial charge in [-0.15, -0.1) is 0 Å². The van der Waals surface area contributed by atoms with Crippen molar-refractivity contribution >= 4 is 15.2 Å². The molecular formula is C40H70Si2. The van der Waals surface area contributed by atoms with Gasteiger partial charge < -0.3 is 0 Å². The minimum absolute atomic E-state index is 0.200. The molecule has 9 unspecified atom stereocenters. The van der Waals surface area contributed by atoms with Gasteiger partial charge >= 0.3 is 0 Å². The molecule has 0 nitrogen and oxygen atoms in total. The molecule has 0 spiro atoms. The second-order valence-electron chi connectivity index (χ2n) is 19.5. The Bertz CT molecular complexity index is 1050. The van der Waals surface area contributed by atoms with Crippen molar-refractivity contribution in [2.45, 2.75) is 180 Å². The Hall–Kier alpha value is -0.346. The molecule has 4 aliphatic carbocycles. The van der Waals surface area contributed by atoms with E-state index in [-0.39, 0.29) is 10.8 Å². The fourth-order valence-electron chi connectivity index (χ4n) is 11.6. The van der Waals surface area contributed by atoms with Crippen molar-refractivity contribution in [2.75, 3.05) is 0 Å². The van der Waals surface area contributed by atoms with Crippen LogP contribution in [0.3, 0.4) is 0 Å². The Morgan fingerprint density at radius 2 is 1.36 bits per heavy atom. The van der Waals surface area contributed by atoms with Gasteiger partial charge in [0.1, 0.15) is 0 Å². The van der Waals surface area contributed by atoms with Crippen LogP contribution in [-0.4, -0.2) is 15.2 Å². The van der Waals surface area contributed by atoms with E-state index >= 15 is 0 Å². The van der Waals surface area contributed by atoms with Gasteiger partial charge in [0, 0.05) is 15.2 Å². The molecule has 4 fully saturated rings. The van der Waals surface area contributed by atoms with Crippen molar-refractivity contribution in [2.24, 2.45) is 35.5 Å². The molecule has 1 aromatic rings. The first-order chi connectivity index (χ1) is 19.5. The van der Waals surface area contributed by atoms with Crippen LogP contribution in [0.1, 0.15) is 149 Å². The van der Waals surface area contributed by atoms with E-state index in [4.69, 9.17) is 0 Å². The van der Waals surface area contributed by atoms with Gasteiger partial charge in [0.2, 0.25) is 0 Å². The molecule has 0 bridgehead atoms. The number of unbranched alkanes of at least 4 members (excludes halogenated alkanes) is 1. The fourth-order valence-corrected chi connectivity index (χ4v) is 26.3. The third kappa shape index (κ3) is 5.97. The Labute approximate surface area is 264 Å². The molecule has 9 atom stereocenters. The van der Waals surface area contributed by atoms with Crippen LogP contribution < -0.4 is 0 Å². The van der Waals surface area contributed by atoms with E-state index in [2.05, 4.69) is 99.8 Å². The highest BCUT2D eigenvalue weighted by molar-refractivity contribution is 7.41. The lowest BCUT2D eigenvalue weighted by Crippen LogP contribution is -2.62. The van der Waals surface area contributed by atoms with Crippen LogP contribution in [0, 0.1) is 35.5 Å². The number of hydrogen-bond acceptors (Lipinski definition) is 0. The van der Waals surface area contributed by atoms with Gasteiger partial charge in [-0.2, -0.15) is 0 Å². The van der Waals surface area contributed by atoms with Gasteiger partial charge in [-0.3, -0.25) is 0 Å². The largest absolute Gasteiger partial charge is 0.0711 e. The lowest BCUT2D eigenvalue weighted by atomic mass is 9.61. The first-order valence-corrected chi connectivity index (χ1v) is 25.8. The molecule has 0 N–H and O–H groups in total. The molecule has 4 aliphatic rings. The number of rotatable bonds is 7. The Morgan fingerprint density at radius 3 is 1.95 bits per heavy atom. The third-order valence-electron chi connectivity index (χ3n) is 14.6. The van der Waals surface area contributed by atoms with E-state index in [1.165, 1.54) is 44.9 Å². The van der Waals surface area contributed by atoms with Crippen LogP contribution in [0.2, 0.25) is 37.3 Å². The average molecular weight is 607 g/mol. The second-order valence-corrected chi connectivity index (χ2v) is 35.6. The maximum absolute atomic E-state index is 2.94. The first kappa shape index (κ1) is 33.0. The minimum atomic E-state index is -1.41. The van der Waals surface area contributed by atoms with E-state index in [1.807, 2.05) is 0 Å². The van der Waals surface area contributed by atoms with Crippen molar-refractivity contribution < 1.29 is 0 Å². The van der Waals surface area contributed by atoms with Gasteiger partial charge in [-0.1, -0.05) is 151 Å². The van der Waals surface area contributed by atoms with E-state index < -0.39 is 15.2 Å². The van der Waals surface area contributed by atoms with Gasteiger partial charge in [0.15, 0.2) is 0 Å². The molecular weight excluding hydrogens is 537 g/mol. The van der Waals surface area contributed by atoms with Crippen LogP contribution in [0.15, 0.2) is 18.2 Å². The zero-order valence-electron chi connectivity index (χ0n) is 30.2. The van der Waals surface area contributed by atoms with Crippen molar-refractivity contribution in [3.63, 3.8) is 0 Å². The molecule has 2 heteroatoms. The van der Waals surface area contributed by atoms with Crippen molar-refractivity contribution in [1.82, 2.24) is 0 Å². The number of hydrogen-bond donors (Lipinski definition) is 0. The smallest absolute Gasteiger partial charge is 0.0451 e. The summed E-state index contributed by atoms with van der Waals surface area (Å²) in [4.78, 5) is 0. The lowest BCUT2D eigenvalue weighted by molar-refractivity contribution is 0.121. The predicted octanol–water partition coefficient (Wildman–Crippen LogP) is 12.7. The summed E-state index contributed by atoms with van der Waals surface area (Å²) in [5.74, 6) is 6.61. The summed E-state index contributed by atoms with van der Waals surface area (Å²) in [6.07, 6.45) is 16.6. The Balaban J connectivity index is 1.50. The fraction of sp³-hybridized carbons (Fsp3) is 0.850. The van der Waals surface area contributed by atoms with E-state index in [0.717, 1.165) is 52.5 Å². The molecule has 0 saturated heterocycles. The third-order valence-corrected chi connectivity index (χ3v) is 35.3. The van der Waals surface area contributed by atoms with Gasteiger partial charge in [0.05, 0.1) is 0 Å². The first-order valence-electron chi connectivity index (χ1n) is 18.6. The van der Waals surface area contributed by atoms with Crippen LogP contribution in [0.4, 0.5) is 0 Å². The quantitative estimate of drug-likeness (QED) is 0.271. The molecule has 0 amide bonds.